The van der Waals surface area contributed by atoms with Crippen LogP contribution in [0.4, 0.5) is 0 Å². The first-order valence-corrected chi connectivity index (χ1v) is 5.85. The highest BCUT2D eigenvalue weighted by Crippen LogP contribution is 2.30. The van der Waals surface area contributed by atoms with E-state index in [0.717, 1.165) is 28.7 Å². The summed E-state index contributed by atoms with van der Waals surface area (Å²) in [5.74, 6) is 0.795. The molecule has 0 aliphatic carbocycles. The molecule has 3 nitrogen and oxygen atoms in total. The summed E-state index contributed by atoms with van der Waals surface area (Å²) in [6.45, 7) is 6.52. The Hall–Kier alpha value is -1.77. The lowest BCUT2D eigenvalue weighted by atomic mass is 10.1. The van der Waals surface area contributed by atoms with E-state index in [4.69, 9.17) is 9.15 Å². The van der Waals surface area contributed by atoms with Gasteiger partial charge in [0.2, 0.25) is 0 Å². The normalized spacial score (nSPS) is 10.8. The average molecular weight is 232 g/mol. The van der Waals surface area contributed by atoms with Crippen molar-refractivity contribution in [3.63, 3.8) is 0 Å². The van der Waals surface area contributed by atoms with Gasteiger partial charge in [0.25, 0.3) is 0 Å². The number of hydrogen-bond acceptors (Lipinski definition) is 3. The largest absolute Gasteiger partial charge is 0.493 e. The van der Waals surface area contributed by atoms with Gasteiger partial charge in [-0.3, -0.25) is 0 Å². The Morgan fingerprint density at radius 2 is 2.00 bits per heavy atom. The number of fused-ring (bicyclic) bond motifs is 1. The van der Waals surface area contributed by atoms with Gasteiger partial charge in [-0.15, -0.1) is 0 Å². The van der Waals surface area contributed by atoms with Crippen LogP contribution in [-0.4, -0.2) is 6.61 Å². The standard InChI is InChI=1S/C14H16O3/c1-4-10-8-13(15)17-12-7-9(3)6-11(14(10)12)16-5-2/h6-8H,4-5H2,1-3H3. The second-order valence-electron chi connectivity index (χ2n) is 4.01. The van der Waals surface area contributed by atoms with Gasteiger partial charge in [0.05, 0.1) is 12.0 Å². The highest BCUT2D eigenvalue weighted by molar-refractivity contribution is 5.87. The number of benzene rings is 1. The Morgan fingerprint density at radius 3 is 2.65 bits per heavy atom. The molecule has 1 aromatic carbocycles. The molecule has 0 spiro atoms. The molecule has 0 N–H and O–H groups in total. The minimum atomic E-state index is -0.303. The lowest BCUT2D eigenvalue weighted by molar-refractivity contribution is 0.343. The van der Waals surface area contributed by atoms with E-state index in [0.29, 0.717) is 12.2 Å². The second kappa shape index (κ2) is 4.62. The third kappa shape index (κ3) is 2.18. The number of hydrogen-bond donors (Lipinski definition) is 0. The van der Waals surface area contributed by atoms with E-state index in [9.17, 15) is 4.79 Å². The SMILES string of the molecule is CCOc1cc(C)cc2oc(=O)cc(CC)c12. The molecule has 0 aliphatic heterocycles. The summed E-state index contributed by atoms with van der Waals surface area (Å²) in [5.41, 5.74) is 2.30. The van der Waals surface area contributed by atoms with Crippen LogP contribution in [0.2, 0.25) is 0 Å². The minimum absolute atomic E-state index is 0.303. The molecule has 2 rings (SSSR count). The number of ether oxygens (including phenoxy) is 1. The zero-order chi connectivity index (χ0) is 12.4. The molecule has 0 atom stereocenters. The Morgan fingerprint density at radius 1 is 1.24 bits per heavy atom. The number of aryl methyl sites for hydroxylation is 2. The molecular formula is C14H16O3. The fraction of sp³-hybridized carbons (Fsp3) is 0.357. The van der Waals surface area contributed by atoms with Crippen molar-refractivity contribution in [2.24, 2.45) is 0 Å². The summed E-state index contributed by atoms with van der Waals surface area (Å²) >= 11 is 0. The first kappa shape index (κ1) is 11.7. The van der Waals surface area contributed by atoms with Crippen LogP contribution < -0.4 is 10.4 Å². The summed E-state index contributed by atoms with van der Waals surface area (Å²) < 4.78 is 10.9. The summed E-state index contributed by atoms with van der Waals surface area (Å²) in [7, 11) is 0. The monoisotopic (exact) mass is 232 g/mol. The first-order chi connectivity index (χ1) is 8.15. The van der Waals surface area contributed by atoms with E-state index in [1.165, 1.54) is 0 Å². The van der Waals surface area contributed by atoms with Crippen LogP contribution in [-0.2, 0) is 6.42 Å². The van der Waals surface area contributed by atoms with Gasteiger partial charge in [-0.05, 0) is 43.5 Å². The van der Waals surface area contributed by atoms with Crippen LogP contribution in [0.5, 0.6) is 5.75 Å². The summed E-state index contributed by atoms with van der Waals surface area (Å²) in [4.78, 5) is 11.4. The molecule has 3 heteroatoms. The average Bonchev–Trinajstić information content (AvgIpc) is 2.27. The van der Waals surface area contributed by atoms with Crippen molar-refractivity contribution >= 4 is 11.0 Å². The topological polar surface area (TPSA) is 39.4 Å². The first-order valence-electron chi connectivity index (χ1n) is 5.85. The van der Waals surface area contributed by atoms with Gasteiger partial charge in [0, 0.05) is 6.07 Å². The molecule has 0 saturated heterocycles. The predicted octanol–water partition coefficient (Wildman–Crippen LogP) is 3.06. The maximum Gasteiger partial charge on any atom is 0.336 e. The van der Waals surface area contributed by atoms with E-state index >= 15 is 0 Å². The van der Waals surface area contributed by atoms with Gasteiger partial charge in [-0.1, -0.05) is 6.92 Å². The van der Waals surface area contributed by atoms with Crippen molar-refractivity contribution in [3.05, 3.63) is 39.7 Å². The second-order valence-corrected chi connectivity index (χ2v) is 4.01. The summed E-state index contributed by atoms with van der Waals surface area (Å²) in [6, 6.07) is 5.39. The van der Waals surface area contributed by atoms with Crippen molar-refractivity contribution in [2.75, 3.05) is 6.61 Å². The Kier molecular flexibility index (Phi) is 3.18. The lowest BCUT2D eigenvalue weighted by Gasteiger charge is -2.10. The third-order valence-corrected chi connectivity index (χ3v) is 2.71. The molecule has 1 aromatic heterocycles. The van der Waals surface area contributed by atoms with Gasteiger partial charge in [0.1, 0.15) is 11.3 Å². The molecule has 0 aliphatic rings. The van der Waals surface area contributed by atoms with Crippen LogP contribution in [0.3, 0.4) is 0 Å². The maximum absolute atomic E-state index is 11.4. The highest BCUT2D eigenvalue weighted by atomic mass is 16.5. The molecule has 0 fully saturated rings. The molecule has 0 bridgehead atoms. The lowest BCUT2D eigenvalue weighted by Crippen LogP contribution is -2.02. The molecule has 0 unspecified atom stereocenters. The van der Waals surface area contributed by atoms with Crippen molar-refractivity contribution < 1.29 is 9.15 Å². The smallest absolute Gasteiger partial charge is 0.336 e. The van der Waals surface area contributed by atoms with Gasteiger partial charge in [0.15, 0.2) is 0 Å². The van der Waals surface area contributed by atoms with E-state index in [-0.39, 0.29) is 5.63 Å². The van der Waals surface area contributed by atoms with Crippen LogP contribution in [0.25, 0.3) is 11.0 Å². The fourth-order valence-corrected chi connectivity index (χ4v) is 2.02. The summed E-state index contributed by atoms with van der Waals surface area (Å²) in [6.07, 6.45) is 0.783. The van der Waals surface area contributed by atoms with E-state index < -0.39 is 0 Å². The molecular weight excluding hydrogens is 216 g/mol. The zero-order valence-corrected chi connectivity index (χ0v) is 10.4. The van der Waals surface area contributed by atoms with Gasteiger partial charge < -0.3 is 9.15 Å². The third-order valence-electron chi connectivity index (χ3n) is 2.71. The quantitative estimate of drug-likeness (QED) is 0.763. The maximum atomic E-state index is 11.4. The molecule has 2 aromatic rings. The van der Waals surface area contributed by atoms with Crippen molar-refractivity contribution in [1.82, 2.24) is 0 Å². The van der Waals surface area contributed by atoms with E-state index in [1.807, 2.05) is 32.9 Å². The molecule has 1 heterocycles. The predicted molar refractivity (Wildman–Crippen MR) is 67.8 cm³/mol. The molecule has 0 radical (unpaired) electrons. The van der Waals surface area contributed by atoms with Crippen molar-refractivity contribution in [3.8, 4) is 5.75 Å². The van der Waals surface area contributed by atoms with Crippen LogP contribution in [0, 0.1) is 6.92 Å². The highest BCUT2D eigenvalue weighted by Gasteiger charge is 2.10. The molecule has 0 amide bonds. The van der Waals surface area contributed by atoms with Gasteiger partial charge in [-0.25, -0.2) is 4.79 Å². The van der Waals surface area contributed by atoms with Crippen molar-refractivity contribution in [1.29, 1.82) is 0 Å². The molecule has 90 valence electrons. The van der Waals surface area contributed by atoms with Crippen LogP contribution in [0.15, 0.2) is 27.4 Å². The van der Waals surface area contributed by atoms with Crippen molar-refractivity contribution in [2.45, 2.75) is 27.2 Å². The van der Waals surface area contributed by atoms with Gasteiger partial charge >= 0.3 is 5.63 Å². The van der Waals surface area contributed by atoms with E-state index in [1.54, 1.807) is 6.07 Å². The molecule has 0 saturated carbocycles. The van der Waals surface area contributed by atoms with Crippen LogP contribution in [0.1, 0.15) is 25.0 Å². The summed E-state index contributed by atoms with van der Waals surface area (Å²) in [5, 5.41) is 0.916. The number of rotatable bonds is 3. The Labute approximate surface area is 100 Å². The minimum Gasteiger partial charge on any atom is -0.493 e. The molecule has 17 heavy (non-hydrogen) atoms. The van der Waals surface area contributed by atoms with Crippen LogP contribution >= 0.6 is 0 Å². The fourth-order valence-electron chi connectivity index (χ4n) is 2.02. The zero-order valence-electron chi connectivity index (χ0n) is 10.4. The Balaban J connectivity index is 2.84. The van der Waals surface area contributed by atoms with E-state index in [2.05, 4.69) is 0 Å². The Bertz CT molecular complexity index is 596. The van der Waals surface area contributed by atoms with Gasteiger partial charge in [-0.2, -0.15) is 0 Å².